The minimum atomic E-state index is -6.09. The van der Waals surface area contributed by atoms with Crippen LogP contribution in [0.25, 0.3) is 0 Å². The molecule has 0 fully saturated rings. The normalized spacial score (nSPS) is 13.4. The lowest BCUT2D eigenvalue weighted by Gasteiger charge is -2.42. The first-order valence-electron chi connectivity index (χ1n) is 18.0. The minimum absolute atomic E-state index is 0.532. The Kier molecular flexibility index (Phi) is 17.2. The largest absolute Gasteiger partial charge is 0.741 e. The highest BCUT2D eigenvalue weighted by molar-refractivity contribution is 8.87. The van der Waals surface area contributed by atoms with Crippen molar-refractivity contribution in [3.63, 3.8) is 0 Å². The second kappa shape index (κ2) is 21.0. The summed E-state index contributed by atoms with van der Waals surface area (Å²) in [5, 5.41) is 9.08. The number of hydrogen-bond donors (Lipinski definition) is 0. The van der Waals surface area contributed by atoms with Crippen molar-refractivity contribution in [2.45, 2.75) is 24.9 Å². The van der Waals surface area contributed by atoms with E-state index >= 15 is 0 Å². The molecule has 0 radical (unpaired) electrons. The Bertz CT molecular complexity index is 2070. The highest BCUT2D eigenvalue weighted by atomic mass is 32.7. The van der Waals surface area contributed by atoms with Gasteiger partial charge in [0, 0.05) is 12.3 Å². The smallest absolute Gasteiger partial charge is 0.485 e. The first-order valence-corrected chi connectivity index (χ1v) is 29.6. The van der Waals surface area contributed by atoms with E-state index in [0.29, 0.717) is 0 Å². The van der Waals surface area contributed by atoms with Crippen LogP contribution in [0.15, 0.2) is 182 Å². The SMILES string of the molecule is CC[P@]([P@@](CC)[P+](c1ccccc1)(c1ccccc1)c1ccccc1)[P+](c1ccccc1)(c1ccccc1)c1ccccc1.O=S(=O)([O-])C(F)(F)F.O=S(=O)([O-])C(F)(F)F. The van der Waals surface area contributed by atoms with Gasteiger partial charge in [0.2, 0.25) is 0 Å². The van der Waals surface area contributed by atoms with Crippen LogP contribution < -0.4 is 31.8 Å². The standard InChI is InChI=1S/C40H40P4.2CHF3O3S/c1-3-41(43(35-23-11-5-12-24-35,36-25-13-6-14-26-36)37-27-15-7-16-28-37)42(4-2)44(38-29-17-8-18-30-38,39-31-19-9-20-32-39)40-33-21-10-22-34-40;2*2-1(3,4)8(5,6)7/h5-34H,3-4H2,1-2H3;2*(H,5,6,7)/q+2;;/p-2/t41-,42-;;/m1../s1. The molecule has 0 saturated heterocycles. The number of rotatable bonds is 11. The average molecular weight is 943 g/mol. The van der Waals surface area contributed by atoms with Gasteiger partial charge in [-0.15, -0.1) is 0 Å². The molecule has 0 aromatic heterocycles. The molecule has 0 aliphatic rings. The Balaban J connectivity index is 0.000000420. The van der Waals surface area contributed by atoms with Gasteiger partial charge in [0.05, 0.1) is 0 Å². The van der Waals surface area contributed by atoms with Crippen LogP contribution >= 0.6 is 28.5 Å². The fourth-order valence-electron chi connectivity index (χ4n) is 6.62. The van der Waals surface area contributed by atoms with Crippen molar-refractivity contribution in [3.8, 4) is 0 Å². The maximum atomic E-state index is 10.7. The third-order valence-electron chi connectivity index (χ3n) is 8.87. The highest BCUT2D eigenvalue weighted by Crippen LogP contribution is 3.05. The molecule has 0 aliphatic carbocycles. The van der Waals surface area contributed by atoms with Crippen molar-refractivity contribution in [2.75, 3.05) is 12.3 Å². The molecule has 0 aliphatic heterocycles. The van der Waals surface area contributed by atoms with E-state index in [1.807, 2.05) is 0 Å². The fourth-order valence-corrected chi connectivity index (χ4v) is 49.2. The maximum absolute atomic E-state index is 10.7. The van der Waals surface area contributed by atoms with Crippen LogP contribution in [0.4, 0.5) is 26.3 Å². The van der Waals surface area contributed by atoms with Crippen LogP contribution in [-0.2, 0) is 20.2 Å². The predicted molar refractivity (Wildman–Crippen MR) is 237 cm³/mol. The van der Waals surface area contributed by atoms with E-state index in [1.165, 1.54) is 44.2 Å². The first kappa shape index (κ1) is 49.1. The van der Waals surface area contributed by atoms with Gasteiger partial charge in [-0.2, -0.15) is 26.3 Å². The van der Waals surface area contributed by atoms with Crippen LogP contribution in [0.1, 0.15) is 13.8 Å². The zero-order valence-electron chi connectivity index (χ0n) is 32.1. The average Bonchev–Trinajstić information content (AvgIpc) is 3.23. The van der Waals surface area contributed by atoms with Crippen molar-refractivity contribution in [2.24, 2.45) is 0 Å². The quantitative estimate of drug-likeness (QED) is 0.0553. The highest BCUT2D eigenvalue weighted by Gasteiger charge is 2.65. The summed E-state index contributed by atoms with van der Waals surface area (Å²) < 4.78 is 118. The van der Waals surface area contributed by atoms with Gasteiger partial charge in [0.15, 0.2) is 20.2 Å². The summed E-state index contributed by atoms with van der Waals surface area (Å²) in [5.41, 5.74) is -11.3. The molecular weight excluding hydrogens is 902 g/mol. The van der Waals surface area contributed by atoms with Gasteiger partial charge in [0.25, 0.3) is 0 Å². The molecule has 0 amide bonds. The molecule has 6 nitrogen and oxygen atoms in total. The van der Waals surface area contributed by atoms with Gasteiger partial charge in [-0.3, -0.25) is 0 Å². The molecule has 0 N–H and O–H groups in total. The minimum Gasteiger partial charge on any atom is -0.741 e. The second-order valence-corrected chi connectivity index (χ2v) is 34.9. The number of alkyl halides is 6. The van der Waals surface area contributed by atoms with Crippen LogP contribution in [0.5, 0.6) is 0 Å². The molecule has 0 spiro atoms. The Labute approximate surface area is 350 Å². The van der Waals surface area contributed by atoms with E-state index in [1.54, 1.807) is 0 Å². The van der Waals surface area contributed by atoms with Crippen LogP contribution in [0.2, 0.25) is 0 Å². The van der Waals surface area contributed by atoms with Gasteiger partial charge >= 0.3 is 11.0 Å². The molecular formula is C42H40F6O6P4S2. The number of hydrogen-bond acceptors (Lipinski definition) is 6. The molecule has 6 rings (SSSR count). The molecule has 0 saturated carbocycles. The molecule has 60 heavy (non-hydrogen) atoms. The summed E-state index contributed by atoms with van der Waals surface area (Å²) in [6, 6.07) is 69.5. The van der Waals surface area contributed by atoms with Gasteiger partial charge in [0.1, 0.15) is 60.3 Å². The Morgan fingerprint density at radius 1 is 0.383 bits per heavy atom. The lowest BCUT2D eigenvalue weighted by atomic mass is 10.4. The van der Waals surface area contributed by atoms with E-state index in [2.05, 4.69) is 196 Å². The Hall–Kier alpha value is -3.56. The third kappa shape index (κ3) is 11.1. The van der Waals surface area contributed by atoms with Gasteiger partial charge in [-0.05, 0) is 72.8 Å². The van der Waals surface area contributed by atoms with Crippen molar-refractivity contribution in [1.29, 1.82) is 0 Å². The van der Waals surface area contributed by atoms with E-state index in [4.69, 9.17) is 25.9 Å². The lowest BCUT2D eigenvalue weighted by Crippen LogP contribution is -2.33. The summed E-state index contributed by atoms with van der Waals surface area (Å²) in [5.74, 6) is 0. The topological polar surface area (TPSA) is 114 Å². The summed E-state index contributed by atoms with van der Waals surface area (Å²) in [7, 11) is -13.2. The Morgan fingerprint density at radius 2 is 0.517 bits per heavy atom. The summed E-state index contributed by atoms with van der Waals surface area (Å²) in [6.07, 6.45) is 2.35. The van der Waals surface area contributed by atoms with E-state index < -0.39 is 59.8 Å². The molecule has 0 heterocycles. The predicted octanol–water partition coefficient (Wildman–Crippen LogP) is 9.83. The van der Waals surface area contributed by atoms with Gasteiger partial charge < -0.3 is 9.11 Å². The summed E-state index contributed by atoms with van der Waals surface area (Å²) in [4.78, 5) is 0. The molecule has 2 atom stereocenters. The monoisotopic (exact) mass is 942 g/mol. The molecule has 18 heteroatoms. The first-order chi connectivity index (χ1) is 28.3. The maximum Gasteiger partial charge on any atom is 0.485 e. The van der Waals surface area contributed by atoms with Crippen LogP contribution in [-0.4, -0.2) is 49.3 Å². The molecule has 6 aromatic rings. The van der Waals surface area contributed by atoms with Crippen molar-refractivity contribution < 1.29 is 52.3 Å². The van der Waals surface area contributed by atoms with Crippen molar-refractivity contribution >= 4 is 80.6 Å². The lowest BCUT2D eigenvalue weighted by molar-refractivity contribution is -0.0522. The molecule has 0 bridgehead atoms. The summed E-state index contributed by atoms with van der Waals surface area (Å²) in [6.45, 7) is 0.847. The molecule has 0 unspecified atom stereocenters. The molecule has 318 valence electrons. The van der Waals surface area contributed by atoms with Crippen LogP contribution in [0.3, 0.4) is 0 Å². The van der Waals surface area contributed by atoms with Crippen molar-refractivity contribution in [1.82, 2.24) is 0 Å². The fraction of sp³-hybridized carbons (Fsp3) is 0.143. The van der Waals surface area contributed by atoms with Crippen LogP contribution in [0, 0.1) is 0 Å². The van der Waals surface area contributed by atoms with E-state index in [0.717, 1.165) is 0 Å². The summed E-state index contributed by atoms with van der Waals surface area (Å²) >= 11 is 0. The molecule has 6 aromatic carbocycles. The second-order valence-electron chi connectivity index (χ2n) is 12.5. The van der Waals surface area contributed by atoms with E-state index in [9.17, 15) is 26.3 Å². The zero-order valence-corrected chi connectivity index (χ0v) is 37.3. The van der Waals surface area contributed by atoms with Crippen molar-refractivity contribution in [3.05, 3.63) is 182 Å². The third-order valence-corrected chi connectivity index (χ3v) is 42.6. The number of benzene rings is 6. The van der Waals surface area contributed by atoms with Gasteiger partial charge in [-0.1, -0.05) is 123 Å². The number of halogens is 6. The van der Waals surface area contributed by atoms with Gasteiger partial charge in [-0.25, -0.2) is 16.8 Å². The van der Waals surface area contributed by atoms with E-state index in [-0.39, 0.29) is 0 Å². The Morgan fingerprint density at radius 3 is 0.617 bits per heavy atom. The zero-order chi connectivity index (χ0) is 44.2.